The SMILES string of the molecule is CCO[Si](CCCNC(=O)CCOc1ccc(N=Nc2ccccc2)cc1)(OCC)OCC. The highest BCUT2D eigenvalue weighted by molar-refractivity contribution is 6.60. The van der Waals surface area contributed by atoms with Gasteiger partial charge in [-0.05, 0) is 63.6 Å². The molecule has 0 aliphatic rings. The van der Waals surface area contributed by atoms with Gasteiger partial charge in [0.25, 0.3) is 0 Å². The zero-order chi connectivity index (χ0) is 23.8. The summed E-state index contributed by atoms with van der Waals surface area (Å²) in [7, 11) is -2.66. The zero-order valence-corrected chi connectivity index (χ0v) is 20.8. The van der Waals surface area contributed by atoms with Crippen LogP contribution in [-0.4, -0.2) is 47.7 Å². The van der Waals surface area contributed by atoms with Crippen LogP contribution in [0.1, 0.15) is 33.6 Å². The van der Waals surface area contributed by atoms with Gasteiger partial charge >= 0.3 is 8.80 Å². The molecule has 0 saturated carbocycles. The molecule has 0 unspecified atom stereocenters. The fourth-order valence-corrected chi connectivity index (χ4v) is 5.72. The lowest BCUT2D eigenvalue weighted by Gasteiger charge is -2.28. The van der Waals surface area contributed by atoms with Crippen molar-refractivity contribution in [2.45, 2.75) is 39.7 Å². The van der Waals surface area contributed by atoms with Crippen LogP contribution in [0.15, 0.2) is 64.8 Å². The van der Waals surface area contributed by atoms with Crippen molar-refractivity contribution in [2.24, 2.45) is 10.2 Å². The van der Waals surface area contributed by atoms with E-state index in [1.54, 1.807) is 0 Å². The predicted molar refractivity (Wildman–Crippen MR) is 130 cm³/mol. The Bertz CT molecular complexity index is 817. The monoisotopic (exact) mass is 473 g/mol. The molecule has 0 heterocycles. The van der Waals surface area contributed by atoms with Crippen molar-refractivity contribution in [3.05, 3.63) is 54.6 Å². The molecule has 0 aromatic heterocycles. The second kappa shape index (κ2) is 15.3. The maximum atomic E-state index is 12.1. The van der Waals surface area contributed by atoms with E-state index in [9.17, 15) is 4.79 Å². The number of amides is 1. The summed E-state index contributed by atoms with van der Waals surface area (Å²) in [5.41, 5.74) is 1.53. The Morgan fingerprint density at radius 3 is 2.00 bits per heavy atom. The number of rotatable bonds is 16. The van der Waals surface area contributed by atoms with Crippen LogP contribution in [0, 0.1) is 0 Å². The first-order chi connectivity index (χ1) is 16.1. The van der Waals surface area contributed by atoms with Gasteiger partial charge in [-0.3, -0.25) is 4.79 Å². The van der Waals surface area contributed by atoms with E-state index in [-0.39, 0.29) is 12.3 Å². The minimum absolute atomic E-state index is 0.0558. The lowest BCUT2D eigenvalue weighted by atomic mass is 10.3. The van der Waals surface area contributed by atoms with Crippen LogP contribution in [0.3, 0.4) is 0 Å². The molecule has 0 radical (unpaired) electrons. The first-order valence-electron chi connectivity index (χ1n) is 11.5. The molecule has 0 bridgehead atoms. The third-order valence-electron chi connectivity index (χ3n) is 4.55. The second-order valence-corrected chi connectivity index (χ2v) is 9.80. The molecule has 180 valence electrons. The summed E-state index contributed by atoms with van der Waals surface area (Å²) in [6.07, 6.45) is 1.01. The number of carbonyl (C=O) groups is 1. The van der Waals surface area contributed by atoms with Crippen LogP contribution in [0.4, 0.5) is 11.4 Å². The van der Waals surface area contributed by atoms with Crippen molar-refractivity contribution >= 4 is 26.1 Å². The first-order valence-corrected chi connectivity index (χ1v) is 13.4. The topological polar surface area (TPSA) is 90.7 Å². The molecule has 0 fully saturated rings. The standard InChI is InChI=1S/C24H35N3O5Si/c1-4-30-33(31-5-2,32-6-3)20-10-18-25-24(28)17-19-29-23-15-13-22(14-16-23)27-26-21-11-8-7-9-12-21/h7-9,11-16H,4-6,10,17-20H2,1-3H3,(H,25,28). The van der Waals surface area contributed by atoms with Gasteiger partial charge in [0, 0.05) is 32.4 Å². The molecule has 2 rings (SSSR count). The number of nitrogens with zero attached hydrogens (tertiary/aromatic N) is 2. The summed E-state index contributed by atoms with van der Waals surface area (Å²) in [4.78, 5) is 12.1. The van der Waals surface area contributed by atoms with Gasteiger partial charge in [0.15, 0.2) is 0 Å². The van der Waals surface area contributed by atoms with Gasteiger partial charge in [-0.1, -0.05) is 18.2 Å². The minimum atomic E-state index is -2.66. The second-order valence-electron chi connectivity index (χ2n) is 7.06. The van der Waals surface area contributed by atoms with Gasteiger partial charge in [0.1, 0.15) is 5.75 Å². The van der Waals surface area contributed by atoms with Crippen molar-refractivity contribution in [2.75, 3.05) is 33.0 Å². The highest BCUT2D eigenvalue weighted by atomic mass is 28.4. The lowest BCUT2D eigenvalue weighted by Crippen LogP contribution is -2.46. The Hall–Kier alpha value is -2.59. The molecule has 0 atom stereocenters. The van der Waals surface area contributed by atoms with E-state index in [1.807, 2.05) is 75.4 Å². The van der Waals surface area contributed by atoms with E-state index < -0.39 is 8.80 Å². The van der Waals surface area contributed by atoms with E-state index in [0.29, 0.717) is 44.8 Å². The zero-order valence-electron chi connectivity index (χ0n) is 19.8. The smallest absolute Gasteiger partial charge is 0.493 e. The number of carbonyl (C=O) groups excluding carboxylic acids is 1. The summed E-state index contributed by atoms with van der Waals surface area (Å²) in [5.74, 6) is 0.627. The normalized spacial score (nSPS) is 11.6. The highest BCUT2D eigenvalue weighted by Crippen LogP contribution is 2.21. The summed E-state index contributed by atoms with van der Waals surface area (Å²) in [6, 6.07) is 17.5. The van der Waals surface area contributed by atoms with Gasteiger partial charge in [-0.2, -0.15) is 10.2 Å². The molecule has 1 amide bonds. The molecule has 33 heavy (non-hydrogen) atoms. The van der Waals surface area contributed by atoms with Gasteiger partial charge < -0.3 is 23.3 Å². The average molecular weight is 474 g/mol. The van der Waals surface area contributed by atoms with Gasteiger partial charge in [0.05, 0.1) is 24.4 Å². The third-order valence-corrected chi connectivity index (χ3v) is 7.70. The average Bonchev–Trinajstić information content (AvgIpc) is 2.83. The van der Waals surface area contributed by atoms with E-state index in [4.69, 9.17) is 18.0 Å². The third kappa shape index (κ3) is 10.3. The number of hydrogen-bond acceptors (Lipinski definition) is 7. The van der Waals surface area contributed by atoms with Crippen molar-refractivity contribution in [1.82, 2.24) is 5.32 Å². The van der Waals surface area contributed by atoms with Crippen LogP contribution in [0.5, 0.6) is 5.75 Å². The molecule has 0 aliphatic heterocycles. The molecule has 9 heteroatoms. The molecule has 1 N–H and O–H groups in total. The Balaban J connectivity index is 1.67. The van der Waals surface area contributed by atoms with Gasteiger partial charge in [-0.25, -0.2) is 0 Å². The van der Waals surface area contributed by atoms with Gasteiger partial charge in [-0.15, -0.1) is 0 Å². The van der Waals surface area contributed by atoms with Crippen molar-refractivity contribution in [3.63, 3.8) is 0 Å². The Morgan fingerprint density at radius 2 is 1.42 bits per heavy atom. The quantitative estimate of drug-likeness (QED) is 0.200. The van der Waals surface area contributed by atoms with E-state index in [1.165, 1.54) is 0 Å². The predicted octanol–water partition coefficient (Wildman–Crippen LogP) is 5.43. The number of hydrogen-bond donors (Lipinski definition) is 1. The fraction of sp³-hybridized carbons (Fsp3) is 0.458. The molecule has 0 spiro atoms. The molecule has 2 aromatic carbocycles. The van der Waals surface area contributed by atoms with E-state index in [2.05, 4.69) is 15.5 Å². The summed E-state index contributed by atoms with van der Waals surface area (Å²) in [5, 5.41) is 11.3. The largest absolute Gasteiger partial charge is 0.500 e. The maximum Gasteiger partial charge on any atom is 0.500 e. The highest BCUT2D eigenvalue weighted by Gasteiger charge is 2.39. The first kappa shape index (κ1) is 26.7. The minimum Gasteiger partial charge on any atom is -0.493 e. The number of nitrogens with one attached hydrogen (secondary N) is 1. The van der Waals surface area contributed by atoms with Gasteiger partial charge in [0.2, 0.25) is 5.91 Å². The van der Waals surface area contributed by atoms with Crippen LogP contribution in [-0.2, 0) is 18.1 Å². The fourth-order valence-electron chi connectivity index (χ4n) is 3.10. The van der Waals surface area contributed by atoms with E-state index >= 15 is 0 Å². The Kier molecular flexibility index (Phi) is 12.3. The van der Waals surface area contributed by atoms with Crippen LogP contribution < -0.4 is 10.1 Å². The lowest BCUT2D eigenvalue weighted by molar-refractivity contribution is -0.121. The summed E-state index contributed by atoms with van der Waals surface area (Å²) >= 11 is 0. The molecular formula is C24H35N3O5Si. The van der Waals surface area contributed by atoms with Crippen molar-refractivity contribution in [1.29, 1.82) is 0 Å². The van der Waals surface area contributed by atoms with Crippen LogP contribution >= 0.6 is 0 Å². The number of ether oxygens (including phenoxy) is 1. The number of azo groups is 1. The van der Waals surface area contributed by atoms with E-state index in [0.717, 1.165) is 17.8 Å². The Morgan fingerprint density at radius 1 is 0.848 bits per heavy atom. The molecule has 8 nitrogen and oxygen atoms in total. The maximum absolute atomic E-state index is 12.1. The number of benzene rings is 2. The van der Waals surface area contributed by atoms with Crippen LogP contribution in [0.25, 0.3) is 0 Å². The molecule has 0 aliphatic carbocycles. The molecular weight excluding hydrogens is 438 g/mol. The summed E-state index contributed by atoms with van der Waals surface area (Å²) < 4.78 is 23.1. The summed E-state index contributed by atoms with van der Waals surface area (Å²) in [6.45, 7) is 8.29. The molecule has 2 aromatic rings. The molecule has 0 saturated heterocycles. The Labute approximate surface area is 197 Å². The van der Waals surface area contributed by atoms with Crippen molar-refractivity contribution < 1.29 is 22.8 Å². The van der Waals surface area contributed by atoms with Crippen molar-refractivity contribution in [3.8, 4) is 5.75 Å². The van der Waals surface area contributed by atoms with Crippen LogP contribution in [0.2, 0.25) is 6.04 Å².